The Balaban J connectivity index is 1.88. The highest BCUT2D eigenvalue weighted by atomic mass is 35.5. The zero-order valence-corrected chi connectivity index (χ0v) is 19.6. The number of halogens is 1. The number of nitrogens with two attached hydrogens (primary N) is 1. The first kappa shape index (κ1) is 24.4. The van der Waals surface area contributed by atoms with Gasteiger partial charge in [0.1, 0.15) is 5.82 Å². The largest absolute Gasteiger partial charge is 0.478 e. The lowest BCUT2D eigenvalue weighted by Gasteiger charge is -2.20. The SMILES string of the molecule is COCCCOc1ccc(-c2cc(=O)[nH]c(-c3cc(CC(C)(C)C(N)=O)ccc3Cl)n2)cn1. The molecule has 0 fully saturated rings. The predicted octanol–water partition coefficient (Wildman–Crippen LogP) is 3.62. The average Bonchev–Trinajstić information content (AvgIpc) is 2.78. The molecule has 0 aliphatic rings. The fourth-order valence-corrected chi connectivity index (χ4v) is 3.40. The molecule has 33 heavy (non-hydrogen) atoms. The van der Waals surface area contributed by atoms with Crippen LogP contribution in [0.1, 0.15) is 25.8 Å². The molecule has 0 spiro atoms. The number of amides is 1. The van der Waals surface area contributed by atoms with Gasteiger partial charge in [0.2, 0.25) is 11.8 Å². The maximum Gasteiger partial charge on any atom is 0.251 e. The highest BCUT2D eigenvalue weighted by Gasteiger charge is 2.25. The molecule has 0 saturated heterocycles. The number of nitrogens with zero attached hydrogens (tertiary/aromatic N) is 2. The van der Waals surface area contributed by atoms with Gasteiger partial charge >= 0.3 is 0 Å². The van der Waals surface area contributed by atoms with Gasteiger partial charge in [0.25, 0.3) is 5.56 Å². The second-order valence-electron chi connectivity index (χ2n) is 8.30. The van der Waals surface area contributed by atoms with E-state index in [1.807, 2.05) is 12.1 Å². The van der Waals surface area contributed by atoms with E-state index < -0.39 is 11.3 Å². The Labute approximate surface area is 197 Å². The molecule has 1 amide bonds. The van der Waals surface area contributed by atoms with Crippen molar-refractivity contribution in [2.24, 2.45) is 11.1 Å². The quantitative estimate of drug-likeness (QED) is 0.436. The standard InChI is InChI=1S/C24H27ClN4O4/c1-24(2,23(26)31)13-15-5-7-18(25)17(11-15)22-28-19(12-20(30)29-22)16-6-8-21(27-14-16)33-10-4-9-32-3/h5-8,11-12,14H,4,9-10,13H2,1-3H3,(H2,26,31)(H,28,29,30). The highest BCUT2D eigenvalue weighted by molar-refractivity contribution is 6.33. The zero-order valence-electron chi connectivity index (χ0n) is 18.9. The summed E-state index contributed by atoms with van der Waals surface area (Å²) in [4.78, 5) is 35.7. The maximum absolute atomic E-state index is 12.4. The van der Waals surface area contributed by atoms with Crippen molar-refractivity contribution >= 4 is 17.5 Å². The number of H-pyrrole nitrogens is 1. The van der Waals surface area contributed by atoms with Gasteiger partial charge in [-0.05, 0) is 30.2 Å². The van der Waals surface area contributed by atoms with Crippen LogP contribution in [0.4, 0.5) is 0 Å². The van der Waals surface area contributed by atoms with E-state index in [2.05, 4.69) is 15.0 Å². The predicted molar refractivity (Wildman–Crippen MR) is 127 cm³/mol. The van der Waals surface area contributed by atoms with Crippen molar-refractivity contribution in [1.82, 2.24) is 15.0 Å². The molecule has 174 valence electrons. The van der Waals surface area contributed by atoms with Crippen molar-refractivity contribution in [3.63, 3.8) is 0 Å². The lowest BCUT2D eigenvalue weighted by atomic mass is 9.85. The van der Waals surface area contributed by atoms with Crippen LogP contribution in [-0.4, -0.2) is 41.2 Å². The first-order valence-corrected chi connectivity index (χ1v) is 10.9. The van der Waals surface area contributed by atoms with Crippen LogP contribution in [0.25, 0.3) is 22.6 Å². The van der Waals surface area contributed by atoms with E-state index in [0.29, 0.717) is 53.2 Å². The summed E-state index contributed by atoms with van der Waals surface area (Å²) in [6.07, 6.45) is 2.78. The maximum atomic E-state index is 12.4. The zero-order chi connectivity index (χ0) is 24.0. The minimum Gasteiger partial charge on any atom is -0.478 e. The van der Waals surface area contributed by atoms with Gasteiger partial charge in [-0.3, -0.25) is 9.59 Å². The van der Waals surface area contributed by atoms with Crippen LogP contribution < -0.4 is 16.0 Å². The van der Waals surface area contributed by atoms with Crippen molar-refractivity contribution in [3.05, 3.63) is 63.5 Å². The second kappa shape index (κ2) is 10.6. The molecule has 0 aliphatic heterocycles. The Hall–Kier alpha value is -3.23. The molecule has 8 nitrogen and oxygen atoms in total. The number of aromatic nitrogens is 3. The van der Waals surface area contributed by atoms with Crippen LogP contribution in [0, 0.1) is 5.41 Å². The minimum absolute atomic E-state index is 0.320. The molecule has 3 rings (SSSR count). The van der Waals surface area contributed by atoms with E-state index in [9.17, 15) is 9.59 Å². The molecule has 3 aromatic rings. The molecule has 0 saturated carbocycles. The van der Waals surface area contributed by atoms with E-state index in [4.69, 9.17) is 26.8 Å². The van der Waals surface area contributed by atoms with Crippen LogP contribution in [-0.2, 0) is 16.0 Å². The molecular weight excluding hydrogens is 444 g/mol. The molecule has 3 N–H and O–H groups in total. The van der Waals surface area contributed by atoms with Crippen LogP contribution in [0.2, 0.25) is 5.02 Å². The number of aromatic amines is 1. The topological polar surface area (TPSA) is 120 Å². The number of carbonyl (C=O) groups excluding carboxylic acids is 1. The Morgan fingerprint density at radius 1 is 1.18 bits per heavy atom. The molecule has 0 aliphatic carbocycles. The average molecular weight is 471 g/mol. The van der Waals surface area contributed by atoms with Gasteiger partial charge in [-0.15, -0.1) is 0 Å². The number of benzene rings is 1. The Kier molecular flexibility index (Phi) is 7.84. The van der Waals surface area contributed by atoms with Crippen molar-refractivity contribution < 1.29 is 14.3 Å². The Morgan fingerprint density at radius 3 is 2.64 bits per heavy atom. The molecule has 0 bridgehead atoms. The summed E-state index contributed by atoms with van der Waals surface area (Å²) >= 11 is 6.42. The summed E-state index contributed by atoms with van der Waals surface area (Å²) in [6, 6.07) is 10.3. The fraction of sp³-hybridized carbons (Fsp3) is 0.333. The molecule has 0 radical (unpaired) electrons. The summed E-state index contributed by atoms with van der Waals surface area (Å²) in [6.45, 7) is 4.67. The summed E-state index contributed by atoms with van der Waals surface area (Å²) < 4.78 is 10.6. The number of pyridine rings is 1. The van der Waals surface area contributed by atoms with E-state index in [1.54, 1.807) is 45.4 Å². The van der Waals surface area contributed by atoms with Crippen LogP contribution in [0.3, 0.4) is 0 Å². The molecule has 2 aromatic heterocycles. The van der Waals surface area contributed by atoms with Gasteiger partial charge in [-0.1, -0.05) is 31.5 Å². The number of hydrogen-bond acceptors (Lipinski definition) is 6. The van der Waals surface area contributed by atoms with Gasteiger partial charge in [0, 0.05) is 55.0 Å². The van der Waals surface area contributed by atoms with Crippen LogP contribution in [0.5, 0.6) is 5.88 Å². The second-order valence-corrected chi connectivity index (χ2v) is 8.71. The van der Waals surface area contributed by atoms with Gasteiger partial charge in [0.05, 0.1) is 17.3 Å². The van der Waals surface area contributed by atoms with Gasteiger partial charge in [-0.25, -0.2) is 9.97 Å². The van der Waals surface area contributed by atoms with E-state index in [-0.39, 0.29) is 5.56 Å². The third-order valence-corrected chi connectivity index (χ3v) is 5.45. The van der Waals surface area contributed by atoms with Gasteiger partial charge in [-0.2, -0.15) is 0 Å². The van der Waals surface area contributed by atoms with Gasteiger partial charge < -0.3 is 20.2 Å². The van der Waals surface area contributed by atoms with E-state index in [1.165, 1.54) is 6.07 Å². The summed E-state index contributed by atoms with van der Waals surface area (Å²) in [7, 11) is 1.64. The monoisotopic (exact) mass is 470 g/mol. The van der Waals surface area contributed by atoms with Crippen molar-refractivity contribution in [2.45, 2.75) is 26.7 Å². The van der Waals surface area contributed by atoms with Crippen LogP contribution >= 0.6 is 11.6 Å². The lowest BCUT2D eigenvalue weighted by Crippen LogP contribution is -2.33. The number of nitrogens with one attached hydrogen (secondary N) is 1. The molecular formula is C24H27ClN4O4. The molecule has 2 heterocycles. The Morgan fingerprint density at radius 2 is 1.97 bits per heavy atom. The lowest BCUT2D eigenvalue weighted by molar-refractivity contribution is -0.125. The van der Waals surface area contributed by atoms with Crippen LogP contribution in [0.15, 0.2) is 47.4 Å². The smallest absolute Gasteiger partial charge is 0.251 e. The first-order valence-electron chi connectivity index (χ1n) is 10.5. The van der Waals surface area contributed by atoms with E-state index in [0.717, 1.165) is 12.0 Å². The molecule has 1 aromatic carbocycles. The summed E-state index contributed by atoms with van der Waals surface area (Å²) in [5.41, 5.74) is 6.97. The fourth-order valence-electron chi connectivity index (χ4n) is 3.19. The number of carbonyl (C=O) groups is 1. The normalized spacial score (nSPS) is 11.4. The number of hydrogen-bond donors (Lipinski definition) is 2. The number of rotatable bonds is 10. The number of methoxy groups -OCH3 is 1. The summed E-state index contributed by atoms with van der Waals surface area (Å²) in [5.74, 6) is 0.403. The van der Waals surface area contributed by atoms with Crippen molar-refractivity contribution in [1.29, 1.82) is 0 Å². The third-order valence-electron chi connectivity index (χ3n) is 5.12. The third kappa shape index (κ3) is 6.40. The van der Waals surface area contributed by atoms with Crippen molar-refractivity contribution in [3.8, 4) is 28.5 Å². The highest BCUT2D eigenvalue weighted by Crippen LogP contribution is 2.30. The molecule has 0 unspecified atom stereocenters. The first-order chi connectivity index (χ1) is 15.7. The van der Waals surface area contributed by atoms with E-state index >= 15 is 0 Å². The minimum atomic E-state index is -0.729. The summed E-state index contributed by atoms with van der Waals surface area (Å²) in [5, 5.41) is 0.425. The number of primary amides is 1. The molecule has 0 atom stereocenters. The van der Waals surface area contributed by atoms with Gasteiger partial charge in [0.15, 0.2) is 0 Å². The Bertz CT molecular complexity index is 1180. The van der Waals surface area contributed by atoms with Crippen molar-refractivity contribution in [2.75, 3.05) is 20.3 Å². The molecule has 9 heteroatoms. The number of ether oxygens (including phenoxy) is 2.